The summed E-state index contributed by atoms with van der Waals surface area (Å²) in [6, 6.07) is 10.5. The van der Waals surface area contributed by atoms with Crippen LogP contribution < -0.4 is 5.32 Å². The highest BCUT2D eigenvalue weighted by Crippen LogP contribution is 2.36. The molecule has 0 saturated carbocycles. The van der Waals surface area contributed by atoms with Gasteiger partial charge in [-0.1, -0.05) is 29.8 Å². The molecule has 1 aliphatic heterocycles. The first kappa shape index (κ1) is 16.2. The Morgan fingerprint density at radius 3 is 2.42 bits per heavy atom. The first-order valence-electron chi connectivity index (χ1n) is 7.18. The molecule has 6 heteroatoms. The van der Waals surface area contributed by atoms with Gasteiger partial charge in [0.25, 0.3) is 0 Å². The number of amides is 1. The van der Waals surface area contributed by atoms with E-state index >= 15 is 0 Å². The zero-order valence-corrected chi connectivity index (χ0v) is 13.1. The van der Waals surface area contributed by atoms with E-state index < -0.39 is 11.6 Å². The van der Waals surface area contributed by atoms with Gasteiger partial charge in [0, 0.05) is 11.4 Å². The quantitative estimate of drug-likeness (QED) is 0.884. The second-order valence-corrected chi connectivity index (χ2v) is 5.72. The predicted molar refractivity (Wildman–Crippen MR) is 86.7 cm³/mol. The number of benzene rings is 2. The fourth-order valence-corrected chi connectivity index (χ4v) is 2.96. The van der Waals surface area contributed by atoms with Crippen LogP contribution in [0.1, 0.15) is 29.5 Å². The van der Waals surface area contributed by atoms with Gasteiger partial charge in [0.15, 0.2) is 0 Å². The van der Waals surface area contributed by atoms with Crippen LogP contribution in [0.2, 0.25) is 5.02 Å². The molecule has 2 aromatic rings. The molecule has 24 heavy (non-hydrogen) atoms. The number of nitrogens with zero attached hydrogens (tertiary/aromatic N) is 1. The van der Waals surface area contributed by atoms with Crippen molar-refractivity contribution < 1.29 is 13.6 Å². The number of hydrogen-bond donors (Lipinski definition) is 1. The standard InChI is InChI=1S/C18H11ClF2N2O/c19-13-4-2-1-3-11(13)12-5-6-16(24)23-18(12)17-14(20)7-10(9-22)8-15(17)21/h1-4,7-8H,5-6H2,(H,23,24). The molecule has 3 nitrogen and oxygen atoms in total. The predicted octanol–water partition coefficient (Wildman–Crippen LogP) is 4.27. The molecule has 1 aliphatic rings. The van der Waals surface area contributed by atoms with Crippen molar-refractivity contribution in [3.8, 4) is 6.07 Å². The third-order valence-electron chi connectivity index (χ3n) is 3.79. The normalized spacial score (nSPS) is 14.3. The second kappa shape index (κ2) is 6.42. The highest BCUT2D eigenvalue weighted by molar-refractivity contribution is 6.32. The number of rotatable bonds is 2. The molecule has 120 valence electrons. The summed E-state index contributed by atoms with van der Waals surface area (Å²) in [6.07, 6.45) is 0.507. The van der Waals surface area contributed by atoms with E-state index in [4.69, 9.17) is 16.9 Å². The molecule has 0 atom stereocenters. The van der Waals surface area contributed by atoms with Crippen LogP contribution in [-0.4, -0.2) is 5.91 Å². The van der Waals surface area contributed by atoms with Crippen LogP contribution >= 0.6 is 11.6 Å². The summed E-state index contributed by atoms with van der Waals surface area (Å²) in [5, 5.41) is 11.8. The second-order valence-electron chi connectivity index (χ2n) is 5.31. The summed E-state index contributed by atoms with van der Waals surface area (Å²) >= 11 is 6.20. The molecular formula is C18H11ClF2N2O. The van der Waals surface area contributed by atoms with Crippen LogP contribution in [0.15, 0.2) is 36.4 Å². The first-order chi connectivity index (χ1) is 11.5. The maximum absolute atomic E-state index is 14.4. The van der Waals surface area contributed by atoms with Crippen molar-refractivity contribution in [1.29, 1.82) is 5.26 Å². The molecule has 1 heterocycles. The van der Waals surface area contributed by atoms with E-state index in [-0.39, 0.29) is 29.2 Å². The molecule has 2 aromatic carbocycles. The van der Waals surface area contributed by atoms with Crippen LogP contribution in [0, 0.1) is 23.0 Å². The molecule has 0 bridgehead atoms. The summed E-state index contributed by atoms with van der Waals surface area (Å²) in [6.45, 7) is 0. The minimum Gasteiger partial charge on any atom is -0.325 e. The van der Waals surface area contributed by atoms with Crippen molar-refractivity contribution in [3.05, 3.63) is 69.7 Å². The fourth-order valence-electron chi connectivity index (χ4n) is 2.71. The van der Waals surface area contributed by atoms with Crippen molar-refractivity contribution in [2.75, 3.05) is 0 Å². The summed E-state index contributed by atoms with van der Waals surface area (Å²) in [4.78, 5) is 11.8. The van der Waals surface area contributed by atoms with Gasteiger partial charge in [0.05, 0.1) is 22.9 Å². The monoisotopic (exact) mass is 344 g/mol. The largest absolute Gasteiger partial charge is 0.325 e. The Balaban J connectivity index is 2.27. The first-order valence-corrected chi connectivity index (χ1v) is 7.56. The average Bonchev–Trinajstić information content (AvgIpc) is 2.55. The van der Waals surface area contributed by atoms with Crippen LogP contribution in [0.25, 0.3) is 11.3 Å². The number of nitriles is 1. The molecule has 0 saturated heterocycles. The van der Waals surface area contributed by atoms with Crippen molar-refractivity contribution in [1.82, 2.24) is 5.32 Å². The van der Waals surface area contributed by atoms with Crippen LogP contribution in [0.3, 0.4) is 0 Å². The van der Waals surface area contributed by atoms with Gasteiger partial charge >= 0.3 is 0 Å². The number of hydrogen-bond acceptors (Lipinski definition) is 2. The van der Waals surface area contributed by atoms with E-state index in [0.717, 1.165) is 12.1 Å². The van der Waals surface area contributed by atoms with Crippen molar-refractivity contribution in [2.24, 2.45) is 0 Å². The van der Waals surface area contributed by atoms with E-state index in [0.29, 0.717) is 22.6 Å². The van der Waals surface area contributed by atoms with E-state index in [2.05, 4.69) is 5.32 Å². The molecule has 0 radical (unpaired) electrons. The molecule has 1 N–H and O–H groups in total. The lowest BCUT2D eigenvalue weighted by Gasteiger charge is -2.23. The van der Waals surface area contributed by atoms with Gasteiger partial charge in [-0.25, -0.2) is 8.78 Å². The van der Waals surface area contributed by atoms with Gasteiger partial charge in [0.2, 0.25) is 5.91 Å². The Bertz CT molecular complexity index is 892. The number of carbonyl (C=O) groups excluding carboxylic acids is 1. The molecule has 0 aliphatic carbocycles. The van der Waals surface area contributed by atoms with Gasteiger partial charge < -0.3 is 5.32 Å². The highest BCUT2D eigenvalue weighted by atomic mass is 35.5. The lowest BCUT2D eigenvalue weighted by Crippen LogP contribution is -2.28. The van der Waals surface area contributed by atoms with Gasteiger partial charge in [-0.05, 0) is 35.8 Å². The topological polar surface area (TPSA) is 52.9 Å². The lowest BCUT2D eigenvalue weighted by atomic mass is 9.92. The van der Waals surface area contributed by atoms with Crippen LogP contribution in [0.4, 0.5) is 8.78 Å². The SMILES string of the molecule is N#Cc1cc(F)c(C2=C(c3ccccc3Cl)CCC(=O)N2)c(F)c1. The van der Waals surface area contributed by atoms with Gasteiger partial charge in [-0.3, -0.25) is 4.79 Å². The van der Waals surface area contributed by atoms with Crippen molar-refractivity contribution in [3.63, 3.8) is 0 Å². The Hall–Kier alpha value is -2.71. The Kier molecular flexibility index (Phi) is 4.32. The van der Waals surface area contributed by atoms with E-state index in [1.54, 1.807) is 30.3 Å². The number of allylic oxidation sites excluding steroid dienone is 1. The van der Waals surface area contributed by atoms with Crippen LogP contribution in [-0.2, 0) is 4.79 Å². The number of carbonyl (C=O) groups is 1. The molecule has 0 aromatic heterocycles. The summed E-state index contributed by atoms with van der Waals surface area (Å²) in [5.41, 5.74) is 0.728. The Morgan fingerprint density at radius 1 is 1.12 bits per heavy atom. The fraction of sp³-hybridized carbons (Fsp3) is 0.111. The molecule has 1 amide bonds. The van der Waals surface area contributed by atoms with E-state index in [9.17, 15) is 13.6 Å². The zero-order chi connectivity index (χ0) is 17.3. The minimum absolute atomic E-state index is 0.0545. The minimum atomic E-state index is -0.909. The summed E-state index contributed by atoms with van der Waals surface area (Å²) in [5.74, 6) is -2.15. The zero-order valence-electron chi connectivity index (χ0n) is 12.4. The smallest absolute Gasteiger partial charge is 0.224 e. The van der Waals surface area contributed by atoms with Crippen LogP contribution in [0.5, 0.6) is 0 Å². The summed E-state index contributed by atoms with van der Waals surface area (Å²) in [7, 11) is 0. The number of halogens is 3. The van der Waals surface area contributed by atoms with Gasteiger partial charge in [-0.15, -0.1) is 0 Å². The Morgan fingerprint density at radius 2 is 1.79 bits per heavy atom. The molecule has 0 spiro atoms. The molecular weight excluding hydrogens is 334 g/mol. The molecule has 3 rings (SSSR count). The highest BCUT2D eigenvalue weighted by Gasteiger charge is 2.26. The van der Waals surface area contributed by atoms with Crippen molar-refractivity contribution in [2.45, 2.75) is 12.8 Å². The molecule has 0 unspecified atom stereocenters. The van der Waals surface area contributed by atoms with Gasteiger partial charge in [-0.2, -0.15) is 5.26 Å². The third-order valence-corrected chi connectivity index (χ3v) is 4.12. The van der Waals surface area contributed by atoms with Gasteiger partial charge in [0.1, 0.15) is 11.6 Å². The maximum Gasteiger partial charge on any atom is 0.224 e. The lowest BCUT2D eigenvalue weighted by molar-refractivity contribution is -0.120. The third kappa shape index (κ3) is 2.89. The van der Waals surface area contributed by atoms with Crippen molar-refractivity contribution >= 4 is 28.8 Å². The van der Waals surface area contributed by atoms with E-state index in [1.165, 1.54) is 0 Å². The number of nitrogens with one attached hydrogen (secondary N) is 1. The summed E-state index contributed by atoms with van der Waals surface area (Å²) < 4.78 is 28.8. The molecule has 0 fully saturated rings. The van der Waals surface area contributed by atoms with E-state index in [1.807, 2.05) is 0 Å². The average molecular weight is 345 g/mol. The maximum atomic E-state index is 14.4. The Labute approximate surface area is 142 Å².